The molecule has 5 heteroatoms. The number of rotatable bonds is 8. The first-order valence-corrected chi connectivity index (χ1v) is 9.55. The van der Waals surface area contributed by atoms with E-state index in [0.29, 0.717) is 18.5 Å². The monoisotopic (exact) mass is 389 g/mol. The topological polar surface area (TPSA) is 29.5 Å². The average molecular weight is 389 g/mol. The molecule has 0 bridgehead atoms. The van der Waals surface area contributed by atoms with Gasteiger partial charge >= 0.3 is 5.97 Å². The molecule has 28 heavy (non-hydrogen) atoms. The van der Waals surface area contributed by atoms with Gasteiger partial charge in [-0.1, -0.05) is 32.0 Å². The van der Waals surface area contributed by atoms with E-state index in [4.69, 9.17) is 4.74 Å². The van der Waals surface area contributed by atoms with Gasteiger partial charge in [0.2, 0.25) is 0 Å². The van der Waals surface area contributed by atoms with E-state index in [9.17, 15) is 13.6 Å². The molecular formula is C23H29F2NO2. The lowest BCUT2D eigenvalue weighted by molar-refractivity contribution is -0.168. The van der Waals surface area contributed by atoms with E-state index < -0.39 is 5.60 Å². The van der Waals surface area contributed by atoms with Crippen molar-refractivity contribution < 1.29 is 18.3 Å². The quantitative estimate of drug-likeness (QED) is 0.604. The Kier molecular flexibility index (Phi) is 7.30. The first-order valence-electron chi connectivity index (χ1n) is 9.55. The lowest BCUT2D eigenvalue weighted by Gasteiger charge is -2.40. The minimum atomic E-state index is -0.992. The zero-order chi connectivity index (χ0) is 20.9. The van der Waals surface area contributed by atoms with Crippen molar-refractivity contribution >= 4 is 5.97 Å². The third-order valence-electron chi connectivity index (χ3n) is 5.05. The largest absolute Gasteiger partial charge is 0.453 e. The predicted octanol–water partition coefficient (Wildman–Crippen LogP) is 4.86. The molecule has 0 N–H and O–H groups in total. The van der Waals surface area contributed by atoms with Crippen LogP contribution in [0, 0.1) is 24.5 Å². The first kappa shape index (κ1) is 22.0. The van der Waals surface area contributed by atoms with Crippen LogP contribution in [0.15, 0.2) is 42.5 Å². The summed E-state index contributed by atoms with van der Waals surface area (Å²) in [7, 11) is 3.91. The van der Waals surface area contributed by atoms with Crippen LogP contribution >= 0.6 is 0 Å². The maximum absolute atomic E-state index is 13.9. The number of ether oxygens (including phenoxy) is 1. The Balaban J connectivity index is 2.62. The van der Waals surface area contributed by atoms with Gasteiger partial charge in [-0.15, -0.1) is 0 Å². The molecule has 0 amide bonds. The van der Waals surface area contributed by atoms with E-state index in [-0.39, 0.29) is 29.9 Å². The smallest absolute Gasteiger partial charge is 0.306 e. The van der Waals surface area contributed by atoms with Gasteiger partial charge in [0.05, 0.1) is 0 Å². The summed E-state index contributed by atoms with van der Waals surface area (Å²) in [5, 5.41) is 0. The van der Waals surface area contributed by atoms with Crippen molar-refractivity contribution in [3.05, 3.63) is 70.8 Å². The van der Waals surface area contributed by atoms with Gasteiger partial charge in [0.1, 0.15) is 17.2 Å². The van der Waals surface area contributed by atoms with Crippen LogP contribution in [0.3, 0.4) is 0 Å². The SMILES string of the molecule is CCC(=O)O[C@](Cc1ccc(F)cc1)(c1ccc(F)c(C)c1)[C@H](C)CN(C)C. The first-order chi connectivity index (χ1) is 13.2. The van der Waals surface area contributed by atoms with E-state index in [1.807, 2.05) is 25.9 Å². The van der Waals surface area contributed by atoms with E-state index >= 15 is 0 Å². The van der Waals surface area contributed by atoms with E-state index in [2.05, 4.69) is 0 Å². The second-order valence-electron chi connectivity index (χ2n) is 7.65. The minimum Gasteiger partial charge on any atom is -0.453 e. The highest BCUT2D eigenvalue weighted by Gasteiger charge is 2.42. The molecule has 0 saturated heterocycles. The Morgan fingerprint density at radius 1 is 1.14 bits per heavy atom. The minimum absolute atomic E-state index is 0.0899. The number of hydrogen-bond acceptors (Lipinski definition) is 3. The van der Waals surface area contributed by atoms with Gasteiger partial charge in [0.25, 0.3) is 0 Å². The third-order valence-corrected chi connectivity index (χ3v) is 5.05. The molecule has 0 aliphatic heterocycles. The van der Waals surface area contributed by atoms with Crippen LogP contribution in [0.1, 0.15) is 37.0 Å². The fraction of sp³-hybridized carbons (Fsp3) is 0.435. The fourth-order valence-corrected chi connectivity index (χ4v) is 3.54. The van der Waals surface area contributed by atoms with Gasteiger partial charge in [0, 0.05) is 25.3 Å². The molecule has 0 heterocycles. The zero-order valence-corrected chi connectivity index (χ0v) is 17.3. The summed E-state index contributed by atoms with van der Waals surface area (Å²) in [6, 6.07) is 11.0. The summed E-state index contributed by atoms with van der Waals surface area (Å²) < 4.78 is 33.4. The summed E-state index contributed by atoms with van der Waals surface area (Å²) in [5.41, 5.74) is 1.09. The summed E-state index contributed by atoms with van der Waals surface area (Å²) >= 11 is 0. The standard InChI is InChI=1S/C23H29F2NO2/c1-6-22(27)28-23(17(3)15-26(4)5,14-18-7-10-20(24)11-8-18)19-9-12-21(25)16(2)13-19/h7-13,17H,6,14-15H2,1-5H3/t17-,23+/m1/s1. The number of halogens is 2. The lowest BCUT2D eigenvalue weighted by atomic mass is 9.76. The molecule has 0 aromatic heterocycles. The average Bonchev–Trinajstić information content (AvgIpc) is 2.64. The van der Waals surface area contributed by atoms with Crippen LogP contribution in [-0.4, -0.2) is 31.5 Å². The second-order valence-corrected chi connectivity index (χ2v) is 7.65. The summed E-state index contributed by atoms with van der Waals surface area (Å²) in [4.78, 5) is 14.4. The third kappa shape index (κ3) is 5.16. The lowest BCUT2D eigenvalue weighted by Crippen LogP contribution is -2.45. The van der Waals surface area contributed by atoms with E-state index in [0.717, 1.165) is 11.1 Å². The van der Waals surface area contributed by atoms with Crippen molar-refractivity contribution in [2.45, 2.75) is 39.2 Å². The molecule has 2 rings (SSSR count). The maximum Gasteiger partial charge on any atom is 0.306 e. The summed E-state index contributed by atoms with van der Waals surface area (Å²) in [5.74, 6) is -1.04. The molecule has 152 valence electrons. The van der Waals surface area contributed by atoms with Crippen LogP contribution in [0.4, 0.5) is 8.78 Å². The molecule has 0 fully saturated rings. The van der Waals surface area contributed by atoms with Gasteiger partial charge in [-0.25, -0.2) is 8.78 Å². The van der Waals surface area contributed by atoms with E-state index in [1.54, 1.807) is 38.1 Å². The van der Waals surface area contributed by atoms with Crippen molar-refractivity contribution in [2.24, 2.45) is 5.92 Å². The molecular weight excluding hydrogens is 360 g/mol. The molecule has 2 aromatic rings. The molecule has 0 aliphatic carbocycles. The van der Waals surface area contributed by atoms with Crippen LogP contribution in [0.2, 0.25) is 0 Å². The predicted molar refractivity (Wildman–Crippen MR) is 107 cm³/mol. The maximum atomic E-state index is 13.9. The molecule has 0 aliphatic rings. The second kappa shape index (κ2) is 9.28. The van der Waals surface area contributed by atoms with Gasteiger partial charge in [-0.2, -0.15) is 0 Å². The van der Waals surface area contributed by atoms with Crippen LogP contribution in [0.5, 0.6) is 0 Å². The highest BCUT2D eigenvalue weighted by atomic mass is 19.1. The van der Waals surface area contributed by atoms with Crippen molar-refractivity contribution in [3.63, 3.8) is 0 Å². The van der Waals surface area contributed by atoms with Crippen LogP contribution in [0.25, 0.3) is 0 Å². The number of nitrogens with zero attached hydrogens (tertiary/aromatic N) is 1. The Labute approximate surface area is 166 Å². The normalized spacial score (nSPS) is 14.6. The number of benzene rings is 2. The van der Waals surface area contributed by atoms with Crippen molar-refractivity contribution in [1.29, 1.82) is 0 Å². The van der Waals surface area contributed by atoms with Crippen LogP contribution < -0.4 is 0 Å². The van der Waals surface area contributed by atoms with Gasteiger partial charge in [-0.05, 0) is 62.0 Å². The van der Waals surface area contributed by atoms with Gasteiger partial charge in [-0.3, -0.25) is 4.79 Å². The molecule has 3 nitrogen and oxygen atoms in total. The Hall–Kier alpha value is -2.27. The molecule has 0 saturated carbocycles. The van der Waals surface area contributed by atoms with Crippen molar-refractivity contribution in [1.82, 2.24) is 4.90 Å². The van der Waals surface area contributed by atoms with Gasteiger partial charge < -0.3 is 9.64 Å². The molecule has 0 spiro atoms. The van der Waals surface area contributed by atoms with Crippen molar-refractivity contribution in [3.8, 4) is 0 Å². The number of hydrogen-bond donors (Lipinski definition) is 0. The summed E-state index contributed by atoms with van der Waals surface area (Å²) in [6.07, 6.45) is 0.610. The van der Waals surface area contributed by atoms with Crippen LogP contribution in [-0.2, 0) is 21.6 Å². The Bertz CT molecular complexity index is 805. The molecule has 0 unspecified atom stereocenters. The van der Waals surface area contributed by atoms with E-state index in [1.165, 1.54) is 18.2 Å². The number of aryl methyl sites for hydroxylation is 1. The summed E-state index contributed by atoms with van der Waals surface area (Å²) in [6.45, 7) is 6.12. The highest BCUT2D eigenvalue weighted by Crippen LogP contribution is 2.39. The number of carbonyl (C=O) groups is 1. The molecule has 0 radical (unpaired) electrons. The Morgan fingerprint density at radius 2 is 1.79 bits per heavy atom. The van der Waals surface area contributed by atoms with Crippen molar-refractivity contribution in [2.75, 3.05) is 20.6 Å². The van der Waals surface area contributed by atoms with Gasteiger partial charge in [0.15, 0.2) is 0 Å². The number of esters is 1. The molecule has 2 aromatic carbocycles. The Morgan fingerprint density at radius 3 is 2.32 bits per heavy atom. The fourth-order valence-electron chi connectivity index (χ4n) is 3.54. The number of carbonyl (C=O) groups excluding carboxylic acids is 1. The highest BCUT2D eigenvalue weighted by molar-refractivity contribution is 5.70. The zero-order valence-electron chi connectivity index (χ0n) is 17.3. The molecule has 2 atom stereocenters.